The Balaban J connectivity index is 1.72. The minimum absolute atomic E-state index is 0.858. The second kappa shape index (κ2) is 7.58. The molecule has 0 radical (unpaired) electrons. The molecule has 0 heterocycles. The van der Waals surface area contributed by atoms with Crippen LogP contribution in [-0.4, -0.2) is 24.6 Å². The normalized spacial score (nSPS) is 26.1. The molecule has 0 atom stereocenters. The average molecular weight is 215 g/mol. The summed E-state index contributed by atoms with van der Waals surface area (Å²) < 4.78 is 0. The standard InChI is InChI=1S/C12H25NS/c1-11-9-12(10-11)13-7-5-3-4-6-8-14-2/h11-13H,3-10H2,1-2H3. The molecule has 14 heavy (non-hydrogen) atoms. The van der Waals surface area contributed by atoms with Crippen molar-refractivity contribution in [1.82, 2.24) is 5.32 Å². The number of nitrogens with one attached hydrogen (secondary N) is 1. The van der Waals surface area contributed by atoms with Gasteiger partial charge in [-0.2, -0.15) is 11.8 Å². The lowest BCUT2D eigenvalue weighted by atomic mass is 9.82. The van der Waals surface area contributed by atoms with E-state index in [1.807, 2.05) is 11.8 Å². The highest BCUT2D eigenvalue weighted by molar-refractivity contribution is 7.98. The maximum Gasteiger partial charge on any atom is 0.00721 e. The number of hydrogen-bond donors (Lipinski definition) is 1. The second-order valence-electron chi connectivity index (χ2n) is 4.63. The summed E-state index contributed by atoms with van der Waals surface area (Å²) in [6, 6.07) is 0.858. The molecule has 0 spiro atoms. The van der Waals surface area contributed by atoms with Gasteiger partial charge in [-0.3, -0.25) is 0 Å². The molecule has 1 nitrogen and oxygen atoms in total. The van der Waals surface area contributed by atoms with E-state index in [4.69, 9.17) is 0 Å². The molecule has 84 valence electrons. The van der Waals surface area contributed by atoms with E-state index >= 15 is 0 Å². The quantitative estimate of drug-likeness (QED) is 0.624. The molecule has 1 aliphatic rings. The highest BCUT2D eigenvalue weighted by Crippen LogP contribution is 2.26. The highest BCUT2D eigenvalue weighted by Gasteiger charge is 2.23. The van der Waals surface area contributed by atoms with Crippen molar-refractivity contribution in [2.45, 2.75) is 51.5 Å². The molecule has 0 aromatic heterocycles. The molecule has 1 fully saturated rings. The third-order valence-electron chi connectivity index (χ3n) is 3.08. The van der Waals surface area contributed by atoms with E-state index in [9.17, 15) is 0 Å². The molecule has 0 bridgehead atoms. The van der Waals surface area contributed by atoms with Gasteiger partial charge in [0.15, 0.2) is 0 Å². The van der Waals surface area contributed by atoms with Crippen LogP contribution in [0.2, 0.25) is 0 Å². The first-order chi connectivity index (χ1) is 6.83. The van der Waals surface area contributed by atoms with Gasteiger partial charge in [0, 0.05) is 6.04 Å². The number of unbranched alkanes of at least 4 members (excludes halogenated alkanes) is 3. The van der Waals surface area contributed by atoms with Gasteiger partial charge in [0.05, 0.1) is 0 Å². The van der Waals surface area contributed by atoms with Crippen LogP contribution < -0.4 is 5.32 Å². The van der Waals surface area contributed by atoms with Crippen molar-refractivity contribution in [1.29, 1.82) is 0 Å². The predicted octanol–water partition coefficient (Wildman–Crippen LogP) is 3.30. The zero-order valence-corrected chi connectivity index (χ0v) is 10.5. The van der Waals surface area contributed by atoms with E-state index < -0.39 is 0 Å². The molecular weight excluding hydrogens is 190 g/mol. The summed E-state index contributed by atoms with van der Waals surface area (Å²) in [6.45, 7) is 3.59. The zero-order valence-electron chi connectivity index (χ0n) is 9.72. The number of thioether (sulfide) groups is 1. The van der Waals surface area contributed by atoms with Gasteiger partial charge in [-0.15, -0.1) is 0 Å². The Bertz CT molecular complexity index is 132. The van der Waals surface area contributed by atoms with Crippen LogP contribution in [0.1, 0.15) is 45.4 Å². The summed E-state index contributed by atoms with van der Waals surface area (Å²) in [6.07, 6.45) is 10.6. The third-order valence-corrected chi connectivity index (χ3v) is 3.78. The van der Waals surface area contributed by atoms with Crippen molar-refractivity contribution in [3.63, 3.8) is 0 Å². The van der Waals surface area contributed by atoms with Crippen LogP contribution in [0, 0.1) is 5.92 Å². The van der Waals surface area contributed by atoms with E-state index in [0.29, 0.717) is 0 Å². The predicted molar refractivity (Wildman–Crippen MR) is 67.0 cm³/mol. The average Bonchev–Trinajstić information content (AvgIpc) is 2.13. The van der Waals surface area contributed by atoms with Gasteiger partial charge in [0.1, 0.15) is 0 Å². The Morgan fingerprint density at radius 3 is 2.50 bits per heavy atom. The van der Waals surface area contributed by atoms with Crippen LogP contribution in [0.3, 0.4) is 0 Å². The lowest BCUT2D eigenvalue weighted by Crippen LogP contribution is -2.40. The topological polar surface area (TPSA) is 12.0 Å². The monoisotopic (exact) mass is 215 g/mol. The molecule has 2 heteroatoms. The Morgan fingerprint density at radius 2 is 1.86 bits per heavy atom. The van der Waals surface area contributed by atoms with Crippen LogP contribution in [0.4, 0.5) is 0 Å². The van der Waals surface area contributed by atoms with Gasteiger partial charge < -0.3 is 5.32 Å². The third kappa shape index (κ3) is 5.26. The maximum absolute atomic E-state index is 3.64. The summed E-state index contributed by atoms with van der Waals surface area (Å²) in [4.78, 5) is 0. The van der Waals surface area contributed by atoms with E-state index in [2.05, 4.69) is 18.5 Å². The first-order valence-electron chi connectivity index (χ1n) is 6.05. The molecule has 1 rings (SSSR count). The van der Waals surface area contributed by atoms with Crippen molar-refractivity contribution in [2.24, 2.45) is 5.92 Å². The van der Waals surface area contributed by atoms with Crippen molar-refractivity contribution in [2.75, 3.05) is 18.6 Å². The number of hydrogen-bond acceptors (Lipinski definition) is 2. The zero-order chi connectivity index (χ0) is 10.2. The molecule has 0 unspecified atom stereocenters. The second-order valence-corrected chi connectivity index (χ2v) is 5.62. The lowest BCUT2D eigenvalue weighted by molar-refractivity contribution is 0.241. The number of rotatable bonds is 8. The van der Waals surface area contributed by atoms with Gasteiger partial charge in [0.25, 0.3) is 0 Å². The summed E-state index contributed by atoms with van der Waals surface area (Å²) in [5, 5.41) is 3.64. The Labute approximate surface area is 93.4 Å². The van der Waals surface area contributed by atoms with Crippen molar-refractivity contribution < 1.29 is 0 Å². The molecule has 0 aliphatic heterocycles. The summed E-state index contributed by atoms with van der Waals surface area (Å²) in [7, 11) is 0. The highest BCUT2D eigenvalue weighted by atomic mass is 32.2. The summed E-state index contributed by atoms with van der Waals surface area (Å²) >= 11 is 1.97. The van der Waals surface area contributed by atoms with Gasteiger partial charge >= 0.3 is 0 Å². The Kier molecular flexibility index (Phi) is 6.70. The molecule has 1 saturated carbocycles. The van der Waals surface area contributed by atoms with Crippen LogP contribution >= 0.6 is 11.8 Å². The maximum atomic E-state index is 3.64. The lowest BCUT2D eigenvalue weighted by Gasteiger charge is -2.33. The van der Waals surface area contributed by atoms with Crippen LogP contribution in [0.15, 0.2) is 0 Å². The minimum Gasteiger partial charge on any atom is -0.314 e. The van der Waals surface area contributed by atoms with E-state index in [0.717, 1.165) is 12.0 Å². The summed E-state index contributed by atoms with van der Waals surface area (Å²) in [5.41, 5.74) is 0. The SMILES string of the molecule is CSCCCCCCNC1CC(C)C1. The van der Waals surface area contributed by atoms with E-state index in [1.54, 1.807) is 0 Å². The van der Waals surface area contributed by atoms with Gasteiger partial charge in [-0.05, 0) is 50.2 Å². The smallest absolute Gasteiger partial charge is 0.00721 e. The van der Waals surface area contributed by atoms with Gasteiger partial charge in [-0.25, -0.2) is 0 Å². The van der Waals surface area contributed by atoms with E-state index in [-0.39, 0.29) is 0 Å². The van der Waals surface area contributed by atoms with Crippen molar-refractivity contribution >= 4 is 11.8 Å². The molecule has 0 amide bonds. The van der Waals surface area contributed by atoms with Crippen molar-refractivity contribution in [3.05, 3.63) is 0 Å². The fourth-order valence-corrected chi connectivity index (χ4v) is 2.59. The van der Waals surface area contributed by atoms with Crippen LogP contribution in [-0.2, 0) is 0 Å². The Morgan fingerprint density at radius 1 is 1.14 bits per heavy atom. The molecule has 0 aromatic rings. The van der Waals surface area contributed by atoms with Gasteiger partial charge in [0.2, 0.25) is 0 Å². The summed E-state index contributed by atoms with van der Waals surface area (Å²) in [5.74, 6) is 2.32. The molecule has 1 aliphatic carbocycles. The van der Waals surface area contributed by atoms with E-state index in [1.165, 1.54) is 50.8 Å². The first kappa shape index (κ1) is 12.4. The fourth-order valence-electron chi connectivity index (χ4n) is 2.10. The minimum atomic E-state index is 0.858. The Hall–Kier alpha value is 0.310. The largest absolute Gasteiger partial charge is 0.314 e. The van der Waals surface area contributed by atoms with Gasteiger partial charge in [-0.1, -0.05) is 19.8 Å². The molecule has 0 saturated heterocycles. The van der Waals surface area contributed by atoms with Crippen LogP contribution in [0.5, 0.6) is 0 Å². The fraction of sp³-hybridized carbons (Fsp3) is 1.00. The molecular formula is C12H25NS. The van der Waals surface area contributed by atoms with Crippen molar-refractivity contribution in [3.8, 4) is 0 Å². The first-order valence-corrected chi connectivity index (χ1v) is 7.44. The molecule has 1 N–H and O–H groups in total. The molecule has 0 aromatic carbocycles. The van der Waals surface area contributed by atoms with Crippen LogP contribution in [0.25, 0.3) is 0 Å².